The quantitative estimate of drug-likeness (QED) is 0.824. The summed E-state index contributed by atoms with van der Waals surface area (Å²) in [6.07, 6.45) is -0.144. The van der Waals surface area contributed by atoms with E-state index in [0.29, 0.717) is 6.42 Å². The van der Waals surface area contributed by atoms with E-state index >= 15 is 0 Å². The first-order chi connectivity index (χ1) is 11.1. The first-order valence-electron chi connectivity index (χ1n) is 7.67. The van der Waals surface area contributed by atoms with Crippen molar-refractivity contribution >= 4 is 5.91 Å². The van der Waals surface area contributed by atoms with Crippen LogP contribution < -0.4 is 5.32 Å². The van der Waals surface area contributed by atoms with Crippen molar-refractivity contribution in [1.82, 2.24) is 5.32 Å². The fraction of sp³-hybridized carbons (Fsp3) is 0.316. The maximum Gasteiger partial charge on any atom is 0.256 e. The lowest BCUT2D eigenvalue weighted by molar-refractivity contribution is -0.143. The van der Waals surface area contributed by atoms with Gasteiger partial charge in [0.05, 0.1) is 6.10 Å². The number of amides is 1. The maximum atomic E-state index is 12.5. The summed E-state index contributed by atoms with van der Waals surface area (Å²) < 4.78 is 5.44. The first kappa shape index (κ1) is 17.2. The van der Waals surface area contributed by atoms with Crippen LogP contribution in [0.2, 0.25) is 0 Å². The molecule has 0 aliphatic carbocycles. The minimum absolute atomic E-state index is 0.180. The van der Waals surface area contributed by atoms with Gasteiger partial charge in [0.2, 0.25) is 0 Å². The number of hydrogen-bond donors (Lipinski definition) is 2. The Kier molecular flexibility index (Phi) is 5.90. The Hall–Kier alpha value is -2.17. The van der Waals surface area contributed by atoms with Gasteiger partial charge in [0, 0.05) is 20.1 Å². The van der Waals surface area contributed by atoms with Gasteiger partial charge in [0.15, 0.2) is 5.60 Å². The number of ether oxygens (including phenoxy) is 1. The second-order valence-corrected chi connectivity index (χ2v) is 5.66. The van der Waals surface area contributed by atoms with Crippen LogP contribution in [0.5, 0.6) is 0 Å². The van der Waals surface area contributed by atoms with Gasteiger partial charge in [-0.3, -0.25) is 4.79 Å². The van der Waals surface area contributed by atoms with E-state index in [0.717, 1.165) is 11.1 Å². The van der Waals surface area contributed by atoms with Crippen molar-refractivity contribution in [3.05, 3.63) is 71.8 Å². The lowest BCUT2D eigenvalue weighted by Gasteiger charge is -2.28. The number of nitrogens with one attached hydrogen (secondary N) is 1. The molecule has 1 amide bonds. The number of carbonyl (C=O) groups is 1. The standard InChI is InChI=1S/C19H23NO3/c1-19(23-2,16-11-7-4-8-12-16)18(22)20-14-17(21)13-15-9-5-3-6-10-15/h3-12,17,21H,13-14H2,1-2H3,(H,20,22)/t17-,19-/m0/s1. The van der Waals surface area contributed by atoms with Crippen LogP contribution in [0, 0.1) is 0 Å². The van der Waals surface area contributed by atoms with Crippen LogP contribution in [-0.4, -0.2) is 30.8 Å². The third-order valence-electron chi connectivity index (χ3n) is 3.98. The molecule has 23 heavy (non-hydrogen) atoms. The van der Waals surface area contributed by atoms with Gasteiger partial charge in [-0.25, -0.2) is 0 Å². The van der Waals surface area contributed by atoms with Crippen molar-refractivity contribution in [3.63, 3.8) is 0 Å². The average molecular weight is 313 g/mol. The fourth-order valence-corrected chi connectivity index (χ4v) is 2.44. The van der Waals surface area contributed by atoms with E-state index in [1.54, 1.807) is 6.92 Å². The highest BCUT2D eigenvalue weighted by atomic mass is 16.5. The van der Waals surface area contributed by atoms with Crippen molar-refractivity contribution in [1.29, 1.82) is 0 Å². The second-order valence-electron chi connectivity index (χ2n) is 5.66. The summed E-state index contributed by atoms with van der Waals surface area (Å²) in [7, 11) is 1.51. The molecule has 122 valence electrons. The van der Waals surface area contributed by atoms with Gasteiger partial charge in [0.1, 0.15) is 0 Å². The van der Waals surface area contributed by atoms with Gasteiger partial charge >= 0.3 is 0 Å². The SMILES string of the molecule is CO[C@](C)(C(=O)NC[C@@H](O)Cc1ccccc1)c1ccccc1. The predicted octanol–water partition coefficient (Wildman–Crippen LogP) is 2.27. The molecule has 0 unspecified atom stereocenters. The Balaban J connectivity index is 1.95. The number of methoxy groups -OCH3 is 1. The number of aliphatic hydroxyl groups is 1. The van der Waals surface area contributed by atoms with Gasteiger partial charge in [-0.05, 0) is 18.1 Å². The number of benzene rings is 2. The largest absolute Gasteiger partial charge is 0.391 e. The van der Waals surface area contributed by atoms with E-state index in [1.807, 2.05) is 60.7 Å². The molecular weight excluding hydrogens is 290 g/mol. The smallest absolute Gasteiger partial charge is 0.256 e. The number of aliphatic hydroxyl groups excluding tert-OH is 1. The van der Waals surface area contributed by atoms with Crippen LogP contribution >= 0.6 is 0 Å². The number of carbonyl (C=O) groups excluding carboxylic acids is 1. The summed E-state index contributed by atoms with van der Waals surface area (Å²) in [6.45, 7) is 1.90. The highest BCUT2D eigenvalue weighted by molar-refractivity contribution is 5.86. The summed E-state index contributed by atoms with van der Waals surface area (Å²) in [5, 5.41) is 12.9. The molecule has 0 radical (unpaired) electrons. The minimum atomic E-state index is -1.08. The third kappa shape index (κ3) is 4.41. The molecule has 0 bridgehead atoms. The molecule has 0 aliphatic rings. The predicted molar refractivity (Wildman–Crippen MR) is 90.0 cm³/mol. The van der Waals surface area contributed by atoms with Gasteiger partial charge in [-0.2, -0.15) is 0 Å². The lowest BCUT2D eigenvalue weighted by Crippen LogP contribution is -2.46. The second kappa shape index (κ2) is 7.90. The van der Waals surface area contributed by atoms with Gasteiger partial charge < -0.3 is 15.2 Å². The molecule has 0 heterocycles. The molecule has 0 fully saturated rings. The van der Waals surface area contributed by atoms with Gasteiger partial charge in [0.25, 0.3) is 5.91 Å². The normalized spacial score (nSPS) is 14.7. The molecule has 2 aromatic rings. The zero-order chi connectivity index (χ0) is 16.7. The van der Waals surface area contributed by atoms with Crippen molar-refractivity contribution in [2.75, 3.05) is 13.7 Å². The highest BCUT2D eigenvalue weighted by Gasteiger charge is 2.35. The first-order valence-corrected chi connectivity index (χ1v) is 7.67. The van der Waals surface area contributed by atoms with E-state index in [4.69, 9.17) is 4.74 Å². The molecule has 0 saturated carbocycles. The number of hydrogen-bond acceptors (Lipinski definition) is 3. The molecule has 0 saturated heterocycles. The molecule has 4 nitrogen and oxygen atoms in total. The topological polar surface area (TPSA) is 58.6 Å². The molecule has 0 aliphatic heterocycles. The van der Waals surface area contributed by atoms with Crippen LogP contribution in [0.15, 0.2) is 60.7 Å². The maximum absolute atomic E-state index is 12.5. The van der Waals surface area contributed by atoms with Crippen molar-refractivity contribution in [3.8, 4) is 0 Å². The lowest BCUT2D eigenvalue weighted by atomic mass is 9.94. The Morgan fingerprint density at radius 1 is 1.13 bits per heavy atom. The van der Waals surface area contributed by atoms with Gasteiger partial charge in [-0.15, -0.1) is 0 Å². The molecule has 2 N–H and O–H groups in total. The molecule has 4 heteroatoms. The Labute approximate surface area is 137 Å². The summed E-state index contributed by atoms with van der Waals surface area (Å²) >= 11 is 0. The summed E-state index contributed by atoms with van der Waals surface area (Å²) in [5.41, 5.74) is 0.734. The molecule has 2 atom stereocenters. The summed E-state index contributed by atoms with van der Waals surface area (Å²) in [6, 6.07) is 19.0. The van der Waals surface area contributed by atoms with Crippen LogP contribution in [0.25, 0.3) is 0 Å². The zero-order valence-corrected chi connectivity index (χ0v) is 13.5. The van der Waals surface area contributed by atoms with Crippen molar-refractivity contribution in [2.24, 2.45) is 0 Å². The Morgan fingerprint density at radius 3 is 2.26 bits per heavy atom. The Morgan fingerprint density at radius 2 is 1.70 bits per heavy atom. The monoisotopic (exact) mass is 313 g/mol. The van der Waals surface area contributed by atoms with Crippen LogP contribution in [0.3, 0.4) is 0 Å². The number of rotatable bonds is 7. The van der Waals surface area contributed by atoms with Crippen LogP contribution in [0.1, 0.15) is 18.1 Å². The molecular formula is C19H23NO3. The minimum Gasteiger partial charge on any atom is -0.391 e. The molecule has 2 rings (SSSR count). The van der Waals surface area contributed by atoms with Crippen LogP contribution in [0.4, 0.5) is 0 Å². The fourth-order valence-electron chi connectivity index (χ4n) is 2.44. The van der Waals surface area contributed by atoms with E-state index < -0.39 is 11.7 Å². The van der Waals surface area contributed by atoms with Gasteiger partial charge in [-0.1, -0.05) is 60.7 Å². The van der Waals surface area contributed by atoms with E-state index in [1.165, 1.54) is 7.11 Å². The van der Waals surface area contributed by atoms with Crippen LogP contribution in [-0.2, 0) is 21.6 Å². The highest BCUT2D eigenvalue weighted by Crippen LogP contribution is 2.24. The van der Waals surface area contributed by atoms with E-state index in [2.05, 4.69) is 5.32 Å². The third-order valence-corrected chi connectivity index (χ3v) is 3.98. The zero-order valence-electron chi connectivity index (χ0n) is 13.5. The summed E-state index contributed by atoms with van der Waals surface area (Å²) in [5.74, 6) is -0.265. The van der Waals surface area contributed by atoms with E-state index in [9.17, 15) is 9.90 Å². The van der Waals surface area contributed by atoms with E-state index in [-0.39, 0.29) is 12.5 Å². The summed E-state index contributed by atoms with van der Waals surface area (Å²) in [4.78, 5) is 12.5. The van der Waals surface area contributed by atoms with Crippen molar-refractivity contribution < 1.29 is 14.6 Å². The molecule has 0 aromatic heterocycles. The average Bonchev–Trinajstić information content (AvgIpc) is 2.60. The van der Waals surface area contributed by atoms with Crippen molar-refractivity contribution in [2.45, 2.75) is 25.0 Å². The molecule has 0 spiro atoms. The molecule has 2 aromatic carbocycles. The Bertz CT molecular complexity index is 615.